The van der Waals surface area contributed by atoms with E-state index in [9.17, 15) is 4.79 Å². The predicted octanol–water partition coefficient (Wildman–Crippen LogP) is 1.29. The van der Waals surface area contributed by atoms with Gasteiger partial charge in [0.25, 0.3) is 0 Å². The third-order valence-corrected chi connectivity index (χ3v) is 3.67. The van der Waals surface area contributed by atoms with Gasteiger partial charge in [0.1, 0.15) is 5.69 Å². The normalized spacial score (nSPS) is 12.0. The van der Waals surface area contributed by atoms with Gasteiger partial charge in [-0.15, -0.1) is 4.80 Å². The Kier molecular flexibility index (Phi) is 5.70. The fraction of sp³-hybridized carbons (Fsp3) is 0.438. The zero-order valence-electron chi connectivity index (χ0n) is 13.8. The molecule has 1 aromatic carbocycles. The van der Waals surface area contributed by atoms with Gasteiger partial charge in [0.05, 0.1) is 31.6 Å². The van der Waals surface area contributed by atoms with Crippen molar-refractivity contribution in [3.63, 3.8) is 0 Å². The first-order valence-corrected chi connectivity index (χ1v) is 7.57. The Bertz CT molecular complexity index is 642. The summed E-state index contributed by atoms with van der Waals surface area (Å²) in [7, 11) is 1.40. The maximum absolute atomic E-state index is 11.6. The van der Waals surface area contributed by atoms with Crippen LogP contribution in [0.5, 0.6) is 0 Å². The van der Waals surface area contributed by atoms with Crippen LogP contribution in [0.4, 0.5) is 5.69 Å². The molecule has 0 bridgehead atoms. The van der Waals surface area contributed by atoms with Gasteiger partial charge in [0.15, 0.2) is 0 Å². The molecule has 2 aromatic rings. The number of nitrogens with two attached hydrogens (primary N) is 1. The molecule has 7 nitrogen and oxygen atoms in total. The molecular formula is C16H23N5O2. The minimum absolute atomic E-state index is 0.0536. The number of benzene rings is 1. The Morgan fingerprint density at radius 2 is 2.09 bits per heavy atom. The van der Waals surface area contributed by atoms with E-state index in [-0.39, 0.29) is 18.4 Å². The number of ether oxygens (including phenoxy) is 1. The minimum atomic E-state index is -0.245. The van der Waals surface area contributed by atoms with Crippen LogP contribution in [0.15, 0.2) is 30.6 Å². The number of esters is 1. The second kappa shape index (κ2) is 7.73. The Morgan fingerprint density at radius 3 is 2.70 bits per heavy atom. The Hall–Kier alpha value is -2.41. The smallest absolute Gasteiger partial charge is 0.307 e. The average molecular weight is 317 g/mol. The molecule has 0 aliphatic carbocycles. The molecule has 1 heterocycles. The monoisotopic (exact) mass is 317 g/mol. The summed E-state index contributed by atoms with van der Waals surface area (Å²) >= 11 is 0. The lowest BCUT2D eigenvalue weighted by Crippen LogP contribution is -2.39. The van der Waals surface area contributed by atoms with Gasteiger partial charge in [0.2, 0.25) is 0 Å². The summed E-state index contributed by atoms with van der Waals surface area (Å²) in [6.07, 6.45) is 3.56. The average Bonchev–Trinajstić information content (AvgIpc) is 3.06. The van der Waals surface area contributed by atoms with Crippen molar-refractivity contribution in [3.8, 4) is 5.69 Å². The molecule has 0 saturated heterocycles. The fourth-order valence-electron chi connectivity index (χ4n) is 2.52. The largest absolute Gasteiger partial charge is 0.469 e. The molecular weight excluding hydrogens is 294 g/mol. The van der Waals surface area contributed by atoms with Crippen molar-refractivity contribution in [1.82, 2.24) is 15.0 Å². The summed E-state index contributed by atoms with van der Waals surface area (Å²) in [4.78, 5) is 15.3. The molecule has 0 amide bonds. The van der Waals surface area contributed by atoms with Gasteiger partial charge in [-0.05, 0) is 31.5 Å². The summed E-state index contributed by atoms with van der Waals surface area (Å²) < 4.78 is 4.78. The van der Waals surface area contributed by atoms with E-state index in [4.69, 9.17) is 10.5 Å². The molecule has 1 unspecified atom stereocenters. The van der Waals surface area contributed by atoms with E-state index < -0.39 is 0 Å². The van der Waals surface area contributed by atoms with Gasteiger partial charge < -0.3 is 15.4 Å². The van der Waals surface area contributed by atoms with Gasteiger partial charge in [-0.3, -0.25) is 4.79 Å². The van der Waals surface area contributed by atoms with E-state index in [0.29, 0.717) is 13.1 Å². The van der Waals surface area contributed by atoms with E-state index in [0.717, 1.165) is 16.9 Å². The highest BCUT2D eigenvalue weighted by atomic mass is 16.5. The van der Waals surface area contributed by atoms with Crippen LogP contribution in [0.1, 0.15) is 18.9 Å². The molecule has 7 heteroatoms. The van der Waals surface area contributed by atoms with Crippen LogP contribution in [-0.2, 0) is 9.53 Å². The molecule has 0 fully saturated rings. The lowest BCUT2D eigenvalue weighted by atomic mass is 10.1. The Balaban J connectivity index is 2.41. The van der Waals surface area contributed by atoms with Crippen LogP contribution < -0.4 is 10.6 Å². The predicted molar refractivity (Wildman–Crippen MR) is 88.6 cm³/mol. The maximum Gasteiger partial charge on any atom is 0.307 e. The Labute approximate surface area is 136 Å². The van der Waals surface area contributed by atoms with Gasteiger partial charge >= 0.3 is 5.97 Å². The van der Waals surface area contributed by atoms with Crippen LogP contribution in [0.3, 0.4) is 0 Å². The Morgan fingerprint density at radius 1 is 1.39 bits per heavy atom. The van der Waals surface area contributed by atoms with Crippen molar-refractivity contribution in [3.05, 3.63) is 36.2 Å². The quantitative estimate of drug-likeness (QED) is 0.775. The number of hydrogen-bond acceptors (Lipinski definition) is 6. The molecule has 124 valence electrons. The first kappa shape index (κ1) is 17.0. The summed E-state index contributed by atoms with van der Waals surface area (Å²) in [6, 6.07) is 5.98. The third-order valence-electron chi connectivity index (χ3n) is 3.67. The van der Waals surface area contributed by atoms with E-state index in [1.54, 1.807) is 17.2 Å². The number of hydrogen-bond donors (Lipinski definition) is 1. The van der Waals surface area contributed by atoms with E-state index in [1.807, 2.05) is 26.0 Å². The fourth-order valence-corrected chi connectivity index (χ4v) is 2.52. The van der Waals surface area contributed by atoms with Crippen molar-refractivity contribution in [2.75, 3.05) is 25.1 Å². The number of rotatable bonds is 7. The highest BCUT2D eigenvalue weighted by Gasteiger charge is 2.21. The van der Waals surface area contributed by atoms with Crippen molar-refractivity contribution in [2.45, 2.75) is 26.3 Å². The third kappa shape index (κ3) is 4.07. The number of anilines is 1. The number of carbonyl (C=O) groups is 1. The second-order valence-electron chi connectivity index (χ2n) is 5.42. The first-order valence-electron chi connectivity index (χ1n) is 7.57. The molecule has 0 saturated carbocycles. The van der Waals surface area contributed by atoms with Gasteiger partial charge in [-0.1, -0.05) is 6.07 Å². The SMILES string of the molecule is COC(=O)CC(C)N(CCN)c1cc(C)ccc1-n1nccn1. The van der Waals surface area contributed by atoms with Crippen LogP contribution in [-0.4, -0.2) is 47.2 Å². The second-order valence-corrected chi connectivity index (χ2v) is 5.42. The van der Waals surface area contributed by atoms with E-state index in [1.165, 1.54) is 7.11 Å². The zero-order valence-corrected chi connectivity index (χ0v) is 13.8. The number of nitrogens with zero attached hydrogens (tertiary/aromatic N) is 4. The maximum atomic E-state index is 11.6. The van der Waals surface area contributed by atoms with E-state index in [2.05, 4.69) is 21.2 Å². The molecule has 0 aliphatic rings. The molecule has 1 aromatic heterocycles. The van der Waals surface area contributed by atoms with Crippen LogP contribution in [0.25, 0.3) is 5.69 Å². The summed E-state index contributed by atoms with van der Waals surface area (Å²) in [6.45, 7) is 5.10. The lowest BCUT2D eigenvalue weighted by molar-refractivity contribution is -0.140. The number of aryl methyl sites for hydroxylation is 1. The first-order chi connectivity index (χ1) is 11.1. The van der Waals surface area contributed by atoms with Gasteiger partial charge in [-0.2, -0.15) is 10.2 Å². The summed E-state index contributed by atoms with van der Waals surface area (Å²) in [5, 5.41) is 8.42. The number of carbonyl (C=O) groups excluding carboxylic acids is 1. The highest BCUT2D eigenvalue weighted by Crippen LogP contribution is 2.27. The molecule has 0 radical (unpaired) electrons. The van der Waals surface area contributed by atoms with Gasteiger partial charge in [-0.25, -0.2) is 0 Å². The molecule has 2 N–H and O–H groups in total. The summed E-state index contributed by atoms with van der Waals surface area (Å²) in [5.74, 6) is -0.245. The summed E-state index contributed by atoms with van der Waals surface area (Å²) in [5.41, 5.74) is 8.69. The standard InChI is InChI=1S/C16H23N5O2/c1-12-4-5-14(21-18-7-8-19-21)15(10-12)20(9-6-17)13(2)11-16(22)23-3/h4-5,7-8,10,13H,6,9,11,17H2,1-3H3. The molecule has 2 rings (SSSR count). The van der Waals surface area contributed by atoms with Crippen LogP contribution in [0, 0.1) is 6.92 Å². The van der Waals surface area contributed by atoms with Crippen molar-refractivity contribution in [2.24, 2.45) is 5.73 Å². The van der Waals surface area contributed by atoms with Crippen LogP contribution in [0.2, 0.25) is 0 Å². The van der Waals surface area contributed by atoms with Crippen molar-refractivity contribution < 1.29 is 9.53 Å². The number of aromatic nitrogens is 3. The molecule has 0 aliphatic heterocycles. The van der Waals surface area contributed by atoms with Crippen molar-refractivity contribution >= 4 is 11.7 Å². The lowest BCUT2D eigenvalue weighted by Gasteiger charge is -2.32. The molecule has 0 spiro atoms. The zero-order chi connectivity index (χ0) is 16.8. The van der Waals surface area contributed by atoms with E-state index >= 15 is 0 Å². The van der Waals surface area contributed by atoms with Crippen molar-refractivity contribution in [1.29, 1.82) is 0 Å². The topological polar surface area (TPSA) is 86.3 Å². The van der Waals surface area contributed by atoms with Gasteiger partial charge in [0, 0.05) is 19.1 Å². The van der Waals surface area contributed by atoms with Crippen LogP contribution >= 0.6 is 0 Å². The highest BCUT2D eigenvalue weighted by molar-refractivity contribution is 5.72. The number of methoxy groups -OCH3 is 1. The molecule has 23 heavy (non-hydrogen) atoms. The minimum Gasteiger partial charge on any atom is -0.469 e. The molecule has 1 atom stereocenters.